The van der Waals surface area contributed by atoms with Gasteiger partial charge in [-0.05, 0) is 37.3 Å². The molecule has 0 atom stereocenters. The van der Waals surface area contributed by atoms with Crippen molar-refractivity contribution in [2.45, 2.75) is 13.5 Å². The van der Waals surface area contributed by atoms with Crippen molar-refractivity contribution in [2.24, 2.45) is 0 Å². The molecule has 0 amide bonds. The number of hydrogen-bond acceptors (Lipinski definition) is 3. The Balaban J connectivity index is 2.08. The van der Waals surface area contributed by atoms with Gasteiger partial charge in [0.2, 0.25) is 0 Å². The number of thiophene rings is 1. The van der Waals surface area contributed by atoms with E-state index in [2.05, 4.69) is 15.6 Å². The second kappa shape index (κ2) is 4.30. The smallest absolute Gasteiger partial charge is 0.107 e. The number of halogens is 1. The number of imidazole rings is 1. The second-order valence-corrected chi connectivity index (χ2v) is 6.00. The summed E-state index contributed by atoms with van der Waals surface area (Å²) in [5.74, 6) is 0.986. The summed E-state index contributed by atoms with van der Waals surface area (Å²) < 4.78 is 2.99. The molecule has 0 spiro atoms. The summed E-state index contributed by atoms with van der Waals surface area (Å²) in [5.41, 5.74) is 8.56. The van der Waals surface area contributed by atoms with Crippen LogP contribution in [0.15, 0.2) is 30.3 Å². The Morgan fingerprint density at radius 1 is 1.33 bits per heavy atom. The molecule has 0 aliphatic rings. The van der Waals surface area contributed by atoms with Gasteiger partial charge in [0.1, 0.15) is 5.82 Å². The van der Waals surface area contributed by atoms with Crippen molar-refractivity contribution in [1.82, 2.24) is 9.55 Å². The molecule has 3 aromatic rings. The minimum absolute atomic E-state index is 0.742. The Labute approximate surface area is 114 Å². The van der Waals surface area contributed by atoms with Gasteiger partial charge >= 0.3 is 0 Å². The number of nitrogens with two attached hydrogens (primary N) is 1. The number of rotatable bonds is 2. The Morgan fingerprint density at radius 2 is 2.17 bits per heavy atom. The molecule has 0 radical (unpaired) electrons. The topological polar surface area (TPSA) is 43.8 Å². The highest BCUT2D eigenvalue weighted by Crippen LogP contribution is 2.25. The first-order valence-corrected chi connectivity index (χ1v) is 6.79. The predicted octanol–water partition coefficient (Wildman–Crippen LogP) is 3.69. The highest BCUT2D eigenvalue weighted by Gasteiger charge is 2.09. The monoisotopic (exact) mass is 277 g/mol. The highest BCUT2D eigenvalue weighted by molar-refractivity contribution is 7.16. The number of fused-ring (bicyclic) bond motifs is 1. The Morgan fingerprint density at radius 3 is 2.89 bits per heavy atom. The van der Waals surface area contributed by atoms with Crippen molar-refractivity contribution in [3.05, 3.63) is 45.4 Å². The number of anilines is 1. The van der Waals surface area contributed by atoms with Gasteiger partial charge in [-0.1, -0.05) is 11.6 Å². The molecule has 0 unspecified atom stereocenters. The number of nitrogen functional groups attached to an aromatic ring is 1. The summed E-state index contributed by atoms with van der Waals surface area (Å²) in [6.45, 7) is 2.80. The molecule has 0 saturated carbocycles. The minimum Gasteiger partial charge on any atom is -0.399 e. The van der Waals surface area contributed by atoms with Crippen LogP contribution in [0.2, 0.25) is 4.34 Å². The molecule has 0 aliphatic carbocycles. The van der Waals surface area contributed by atoms with Gasteiger partial charge in [-0.15, -0.1) is 11.3 Å². The van der Waals surface area contributed by atoms with Gasteiger partial charge in [0.05, 0.1) is 21.9 Å². The van der Waals surface area contributed by atoms with Gasteiger partial charge in [-0.2, -0.15) is 0 Å². The Hall–Kier alpha value is -1.52. The van der Waals surface area contributed by atoms with Gasteiger partial charge in [0.15, 0.2) is 0 Å². The molecule has 2 heterocycles. The first-order valence-electron chi connectivity index (χ1n) is 5.60. The van der Waals surface area contributed by atoms with Crippen LogP contribution >= 0.6 is 22.9 Å². The average molecular weight is 278 g/mol. The fraction of sp³-hybridized carbons (Fsp3) is 0.154. The molecular formula is C13H12ClN3S. The van der Waals surface area contributed by atoms with E-state index in [9.17, 15) is 0 Å². The van der Waals surface area contributed by atoms with Crippen LogP contribution in [0.4, 0.5) is 5.69 Å². The van der Waals surface area contributed by atoms with Crippen molar-refractivity contribution in [3.63, 3.8) is 0 Å². The van der Waals surface area contributed by atoms with Crippen molar-refractivity contribution in [3.8, 4) is 0 Å². The van der Waals surface area contributed by atoms with E-state index in [0.717, 1.165) is 33.4 Å². The van der Waals surface area contributed by atoms with Crippen LogP contribution in [0.5, 0.6) is 0 Å². The third-order valence-electron chi connectivity index (χ3n) is 2.91. The van der Waals surface area contributed by atoms with Crippen LogP contribution < -0.4 is 5.73 Å². The molecule has 92 valence electrons. The maximum Gasteiger partial charge on any atom is 0.107 e. The quantitative estimate of drug-likeness (QED) is 0.726. The van der Waals surface area contributed by atoms with Gasteiger partial charge in [-0.3, -0.25) is 0 Å². The van der Waals surface area contributed by atoms with E-state index in [1.165, 1.54) is 4.88 Å². The molecule has 2 N–H and O–H groups in total. The van der Waals surface area contributed by atoms with E-state index in [1.54, 1.807) is 11.3 Å². The zero-order valence-corrected chi connectivity index (χ0v) is 11.4. The Bertz CT molecular complexity index is 714. The third-order valence-corrected chi connectivity index (χ3v) is 4.12. The number of nitrogens with zero attached hydrogens (tertiary/aromatic N) is 2. The minimum atomic E-state index is 0.742. The summed E-state index contributed by atoms with van der Waals surface area (Å²) in [5, 5.41) is 0. The summed E-state index contributed by atoms with van der Waals surface area (Å²) in [7, 11) is 0. The molecule has 0 saturated heterocycles. The predicted molar refractivity (Wildman–Crippen MR) is 77.3 cm³/mol. The fourth-order valence-corrected chi connectivity index (χ4v) is 3.14. The van der Waals surface area contributed by atoms with E-state index in [1.807, 2.05) is 31.2 Å². The molecule has 3 nitrogen and oxygen atoms in total. The maximum atomic E-state index is 5.96. The fourth-order valence-electron chi connectivity index (χ4n) is 2.06. The van der Waals surface area contributed by atoms with Crippen molar-refractivity contribution in [2.75, 3.05) is 5.73 Å². The van der Waals surface area contributed by atoms with Crippen LogP contribution in [0.25, 0.3) is 11.0 Å². The van der Waals surface area contributed by atoms with E-state index in [0.29, 0.717) is 0 Å². The molecular weight excluding hydrogens is 266 g/mol. The number of benzene rings is 1. The zero-order chi connectivity index (χ0) is 12.7. The van der Waals surface area contributed by atoms with E-state index < -0.39 is 0 Å². The summed E-state index contributed by atoms with van der Waals surface area (Å²) in [6, 6.07) is 9.80. The van der Waals surface area contributed by atoms with Crippen molar-refractivity contribution < 1.29 is 0 Å². The first kappa shape index (κ1) is 11.6. The lowest BCUT2D eigenvalue weighted by molar-refractivity contribution is 0.797. The number of aromatic nitrogens is 2. The lowest BCUT2D eigenvalue weighted by Gasteiger charge is -2.04. The molecule has 0 fully saturated rings. The Kier molecular flexibility index (Phi) is 2.76. The zero-order valence-electron chi connectivity index (χ0n) is 9.85. The lowest BCUT2D eigenvalue weighted by atomic mass is 10.3. The van der Waals surface area contributed by atoms with Crippen LogP contribution in [-0.2, 0) is 6.54 Å². The average Bonchev–Trinajstić information content (AvgIpc) is 2.84. The van der Waals surface area contributed by atoms with E-state index in [4.69, 9.17) is 17.3 Å². The van der Waals surface area contributed by atoms with Gasteiger partial charge in [-0.25, -0.2) is 4.98 Å². The molecule has 0 bridgehead atoms. The normalized spacial score (nSPS) is 11.2. The highest BCUT2D eigenvalue weighted by atomic mass is 35.5. The van der Waals surface area contributed by atoms with Crippen LogP contribution in [0.1, 0.15) is 10.7 Å². The van der Waals surface area contributed by atoms with Crippen LogP contribution in [0.3, 0.4) is 0 Å². The van der Waals surface area contributed by atoms with Crippen molar-refractivity contribution >= 4 is 39.7 Å². The molecule has 5 heteroatoms. The maximum absolute atomic E-state index is 5.96. The molecule has 18 heavy (non-hydrogen) atoms. The molecule has 0 aliphatic heterocycles. The largest absolute Gasteiger partial charge is 0.399 e. The van der Waals surface area contributed by atoms with E-state index in [-0.39, 0.29) is 0 Å². The second-order valence-electron chi connectivity index (χ2n) is 4.20. The number of hydrogen-bond donors (Lipinski definition) is 1. The summed E-state index contributed by atoms with van der Waals surface area (Å²) >= 11 is 7.55. The molecule has 3 rings (SSSR count). The summed E-state index contributed by atoms with van der Waals surface area (Å²) in [4.78, 5) is 5.75. The standard InChI is InChI=1S/C13H12ClN3S/c1-8-16-11-6-9(15)2-4-12(11)17(8)7-10-3-5-13(14)18-10/h2-6H,7,15H2,1H3. The molecule has 1 aromatic carbocycles. The van der Waals surface area contributed by atoms with E-state index >= 15 is 0 Å². The van der Waals surface area contributed by atoms with Gasteiger partial charge in [0, 0.05) is 10.6 Å². The third kappa shape index (κ3) is 1.98. The van der Waals surface area contributed by atoms with Crippen LogP contribution in [0, 0.1) is 6.92 Å². The first-order chi connectivity index (χ1) is 8.63. The summed E-state index contributed by atoms with van der Waals surface area (Å²) in [6.07, 6.45) is 0. The SMILES string of the molecule is Cc1nc2cc(N)ccc2n1Cc1ccc(Cl)s1. The molecule has 2 aromatic heterocycles. The van der Waals surface area contributed by atoms with Gasteiger partial charge < -0.3 is 10.3 Å². The van der Waals surface area contributed by atoms with Crippen LogP contribution in [-0.4, -0.2) is 9.55 Å². The number of aryl methyl sites for hydroxylation is 1. The van der Waals surface area contributed by atoms with Crippen molar-refractivity contribution in [1.29, 1.82) is 0 Å². The lowest BCUT2D eigenvalue weighted by Crippen LogP contribution is -2.00. The van der Waals surface area contributed by atoms with Gasteiger partial charge in [0.25, 0.3) is 0 Å².